The molecule has 0 aromatic carbocycles. The molecule has 0 aromatic rings. The van der Waals surface area contributed by atoms with E-state index in [-0.39, 0.29) is 0 Å². The molecule has 0 saturated carbocycles. The molecule has 0 amide bonds. The SMILES string of the molecule is COCCC[O][Sb]([O]CCCOC)([O]CCCOC)([O]CCCOC)[O]CCCOC. The van der Waals surface area contributed by atoms with E-state index in [9.17, 15) is 0 Å². The Morgan fingerprint density at radius 3 is 0.677 bits per heavy atom. The van der Waals surface area contributed by atoms with Gasteiger partial charge in [0.1, 0.15) is 0 Å². The van der Waals surface area contributed by atoms with Crippen LogP contribution < -0.4 is 0 Å². The van der Waals surface area contributed by atoms with Gasteiger partial charge in [0, 0.05) is 0 Å². The van der Waals surface area contributed by atoms with Crippen molar-refractivity contribution < 1.29 is 38.8 Å². The maximum atomic E-state index is 6.31. The van der Waals surface area contributed by atoms with Crippen molar-refractivity contribution in [1.82, 2.24) is 0 Å². The van der Waals surface area contributed by atoms with Crippen LogP contribution in [0.5, 0.6) is 0 Å². The number of ether oxygens (including phenoxy) is 5. The van der Waals surface area contributed by atoms with E-state index in [0.717, 1.165) is 0 Å². The summed E-state index contributed by atoms with van der Waals surface area (Å²) < 4.78 is 57.3. The molecule has 0 bridgehead atoms. The molecule has 0 heterocycles. The zero-order chi connectivity index (χ0) is 23.1. The summed E-state index contributed by atoms with van der Waals surface area (Å²) >= 11 is -5.39. The molecule has 0 aliphatic rings. The molecule has 0 spiro atoms. The average Bonchev–Trinajstić information content (AvgIpc) is 2.78. The van der Waals surface area contributed by atoms with Crippen molar-refractivity contribution in [2.75, 3.05) is 102 Å². The number of hydrogen-bond acceptors (Lipinski definition) is 10. The van der Waals surface area contributed by atoms with E-state index in [4.69, 9.17) is 38.8 Å². The predicted octanol–water partition coefficient (Wildman–Crippen LogP) is 2.14. The summed E-state index contributed by atoms with van der Waals surface area (Å²) in [5, 5.41) is 0. The molecule has 31 heavy (non-hydrogen) atoms. The van der Waals surface area contributed by atoms with Crippen LogP contribution in [0.15, 0.2) is 0 Å². The Labute approximate surface area is 191 Å². The maximum absolute atomic E-state index is 6.31. The zero-order valence-electron chi connectivity index (χ0n) is 20.1. The summed E-state index contributed by atoms with van der Waals surface area (Å²) in [5.74, 6) is 0. The summed E-state index contributed by atoms with van der Waals surface area (Å²) in [6.07, 6.45) is 3.28. The first-order valence-corrected chi connectivity index (χ1v) is 16.1. The van der Waals surface area contributed by atoms with Crippen molar-refractivity contribution in [2.24, 2.45) is 0 Å². The van der Waals surface area contributed by atoms with Gasteiger partial charge in [-0.1, -0.05) is 0 Å². The molecule has 190 valence electrons. The average molecular weight is 567 g/mol. The summed E-state index contributed by atoms with van der Waals surface area (Å²) in [7, 11) is 8.25. The van der Waals surface area contributed by atoms with Gasteiger partial charge in [-0.2, -0.15) is 0 Å². The van der Waals surface area contributed by atoms with Gasteiger partial charge in [0.15, 0.2) is 0 Å². The topological polar surface area (TPSA) is 92.3 Å². The second-order valence-electron chi connectivity index (χ2n) is 6.64. The fourth-order valence-electron chi connectivity index (χ4n) is 2.46. The molecule has 0 saturated heterocycles. The molecular formula is C20H45O10Sb. The van der Waals surface area contributed by atoms with Crippen LogP contribution in [0.2, 0.25) is 0 Å². The van der Waals surface area contributed by atoms with Gasteiger partial charge in [0.2, 0.25) is 0 Å². The van der Waals surface area contributed by atoms with Crippen LogP contribution in [-0.4, -0.2) is 121 Å². The van der Waals surface area contributed by atoms with Gasteiger partial charge in [-0.3, -0.25) is 0 Å². The van der Waals surface area contributed by atoms with Gasteiger partial charge in [0.05, 0.1) is 0 Å². The molecular weight excluding hydrogens is 522 g/mol. The monoisotopic (exact) mass is 566 g/mol. The molecule has 0 aromatic heterocycles. The molecule has 0 unspecified atom stereocenters. The standard InChI is InChI=1S/5C4H9O2.Sb/c5*1-6-4-2-3-5;/h5*2-4H2,1H3;/q5*-1;+5. The third-order valence-electron chi connectivity index (χ3n) is 3.97. The van der Waals surface area contributed by atoms with Gasteiger partial charge in [-0.05, 0) is 0 Å². The van der Waals surface area contributed by atoms with Crippen LogP contribution in [0.3, 0.4) is 0 Å². The van der Waals surface area contributed by atoms with Crippen molar-refractivity contribution in [1.29, 1.82) is 0 Å². The molecule has 0 rings (SSSR count). The van der Waals surface area contributed by atoms with Crippen LogP contribution in [0, 0.1) is 0 Å². The Morgan fingerprint density at radius 1 is 0.323 bits per heavy atom. The van der Waals surface area contributed by atoms with Gasteiger partial charge in [0.25, 0.3) is 0 Å². The summed E-state index contributed by atoms with van der Waals surface area (Å²) in [6, 6.07) is 0. The van der Waals surface area contributed by atoms with Gasteiger partial charge < -0.3 is 0 Å². The fourth-order valence-corrected chi connectivity index (χ4v) is 10.7. The van der Waals surface area contributed by atoms with Gasteiger partial charge >= 0.3 is 192 Å². The minimum atomic E-state index is -5.39. The number of methoxy groups -OCH3 is 5. The molecule has 0 N–H and O–H groups in total. The van der Waals surface area contributed by atoms with Crippen LogP contribution in [-0.2, 0) is 38.8 Å². The number of hydrogen-bond donors (Lipinski definition) is 0. The quantitative estimate of drug-likeness (QED) is 0.121. The second-order valence-corrected chi connectivity index (χ2v) is 14.6. The third-order valence-corrected chi connectivity index (χ3v) is 12.6. The summed E-state index contributed by atoms with van der Waals surface area (Å²) in [5.41, 5.74) is 0. The van der Waals surface area contributed by atoms with Crippen molar-refractivity contribution in [3.8, 4) is 0 Å². The molecule has 0 aliphatic carbocycles. The Hall–Kier alpha value is 0.418. The van der Waals surface area contributed by atoms with Crippen LogP contribution in [0.25, 0.3) is 0 Å². The van der Waals surface area contributed by atoms with Gasteiger partial charge in [-0.25, -0.2) is 0 Å². The van der Waals surface area contributed by atoms with E-state index in [1.807, 2.05) is 0 Å². The molecule has 0 aliphatic heterocycles. The minimum absolute atomic E-state index is 0.332. The molecule has 0 fully saturated rings. The first kappa shape index (κ1) is 31.4. The van der Waals surface area contributed by atoms with Crippen molar-refractivity contribution in [3.63, 3.8) is 0 Å². The van der Waals surface area contributed by atoms with E-state index in [2.05, 4.69) is 0 Å². The van der Waals surface area contributed by atoms with Crippen molar-refractivity contribution >= 4 is 19.5 Å². The van der Waals surface area contributed by atoms with E-state index in [0.29, 0.717) is 98.2 Å². The Morgan fingerprint density at radius 2 is 0.516 bits per heavy atom. The second kappa shape index (κ2) is 21.0. The van der Waals surface area contributed by atoms with Gasteiger partial charge in [-0.15, -0.1) is 0 Å². The summed E-state index contributed by atoms with van der Waals surface area (Å²) in [6.45, 7) is 4.39. The fraction of sp³-hybridized carbons (Fsp3) is 1.00. The Bertz CT molecular complexity index is 302. The molecule has 10 nitrogen and oxygen atoms in total. The van der Waals surface area contributed by atoms with E-state index in [1.165, 1.54) is 0 Å². The van der Waals surface area contributed by atoms with E-state index in [1.54, 1.807) is 35.5 Å². The first-order valence-electron chi connectivity index (χ1n) is 10.8. The van der Waals surface area contributed by atoms with E-state index < -0.39 is 19.5 Å². The third kappa shape index (κ3) is 15.0. The normalized spacial score (nSPS) is 13.4. The predicted molar refractivity (Wildman–Crippen MR) is 118 cm³/mol. The molecule has 11 heteroatoms. The number of rotatable bonds is 25. The zero-order valence-corrected chi connectivity index (χ0v) is 22.7. The van der Waals surface area contributed by atoms with E-state index >= 15 is 0 Å². The van der Waals surface area contributed by atoms with Crippen molar-refractivity contribution in [3.05, 3.63) is 0 Å². The van der Waals surface area contributed by atoms with Crippen LogP contribution >= 0.6 is 0 Å². The van der Waals surface area contributed by atoms with Crippen molar-refractivity contribution in [2.45, 2.75) is 32.1 Å². The molecule has 0 atom stereocenters. The van der Waals surface area contributed by atoms with Crippen LogP contribution in [0.4, 0.5) is 0 Å². The summed E-state index contributed by atoms with van der Waals surface area (Å²) in [4.78, 5) is 0. The molecule has 0 radical (unpaired) electrons. The van der Waals surface area contributed by atoms with Crippen LogP contribution in [0.1, 0.15) is 32.1 Å². The Balaban J connectivity index is 5.60. The first-order chi connectivity index (χ1) is 15.1. The Kier molecular flexibility index (Phi) is 21.3.